The van der Waals surface area contributed by atoms with Crippen molar-refractivity contribution in [3.63, 3.8) is 0 Å². The molecule has 1 aliphatic heterocycles. The molecule has 0 saturated carbocycles. The standard InChI is InChI=1S/C21H18N2O3S/c24-20(22-13-15-7-2-1-3-8-15)18-14-23(21(25)19-11-6-12-27-19)16-9-4-5-10-17(16)26-18/h1-12,18H,13-14H2,(H,22,24)/t18-/m1/s1. The smallest absolute Gasteiger partial charge is 0.268 e. The van der Waals surface area contributed by atoms with Crippen LogP contribution in [0, 0.1) is 0 Å². The molecular formula is C21H18N2O3S. The highest BCUT2D eigenvalue weighted by Gasteiger charge is 2.34. The van der Waals surface area contributed by atoms with Gasteiger partial charge in [-0.15, -0.1) is 11.3 Å². The zero-order chi connectivity index (χ0) is 18.6. The summed E-state index contributed by atoms with van der Waals surface area (Å²) in [5.74, 6) is 0.174. The highest BCUT2D eigenvalue weighted by Crippen LogP contribution is 2.34. The Morgan fingerprint density at radius 3 is 2.59 bits per heavy atom. The van der Waals surface area contributed by atoms with Crippen LogP contribution in [0.1, 0.15) is 15.2 Å². The van der Waals surface area contributed by atoms with Crippen molar-refractivity contribution < 1.29 is 14.3 Å². The van der Waals surface area contributed by atoms with Gasteiger partial charge < -0.3 is 10.1 Å². The maximum atomic E-state index is 12.9. The Labute approximate surface area is 161 Å². The molecule has 2 aromatic carbocycles. The molecule has 3 aromatic rings. The minimum atomic E-state index is -0.757. The van der Waals surface area contributed by atoms with E-state index in [9.17, 15) is 9.59 Å². The van der Waals surface area contributed by atoms with Crippen LogP contribution in [-0.4, -0.2) is 24.5 Å². The molecule has 1 atom stereocenters. The number of benzene rings is 2. The average molecular weight is 378 g/mol. The molecule has 1 aliphatic rings. The van der Waals surface area contributed by atoms with Gasteiger partial charge in [0.1, 0.15) is 5.75 Å². The van der Waals surface area contributed by atoms with Gasteiger partial charge in [0, 0.05) is 6.54 Å². The number of thiophene rings is 1. The molecule has 0 fully saturated rings. The van der Waals surface area contributed by atoms with Gasteiger partial charge in [0.25, 0.3) is 11.8 Å². The second-order valence-electron chi connectivity index (χ2n) is 6.17. The van der Waals surface area contributed by atoms with Gasteiger partial charge in [0.2, 0.25) is 0 Å². The van der Waals surface area contributed by atoms with E-state index in [-0.39, 0.29) is 18.4 Å². The van der Waals surface area contributed by atoms with Crippen LogP contribution in [0.15, 0.2) is 72.1 Å². The van der Waals surface area contributed by atoms with E-state index in [1.165, 1.54) is 11.3 Å². The molecule has 0 radical (unpaired) electrons. The Balaban J connectivity index is 1.53. The lowest BCUT2D eigenvalue weighted by molar-refractivity contribution is -0.127. The van der Waals surface area contributed by atoms with Gasteiger partial charge in [0.15, 0.2) is 6.10 Å². The van der Waals surface area contributed by atoms with Gasteiger partial charge >= 0.3 is 0 Å². The fourth-order valence-electron chi connectivity index (χ4n) is 3.00. The second-order valence-corrected chi connectivity index (χ2v) is 7.12. The van der Waals surface area contributed by atoms with Crippen LogP contribution in [0.3, 0.4) is 0 Å². The molecule has 0 bridgehead atoms. The van der Waals surface area contributed by atoms with Crippen molar-refractivity contribution in [1.29, 1.82) is 0 Å². The van der Waals surface area contributed by atoms with Crippen molar-refractivity contribution in [2.24, 2.45) is 0 Å². The summed E-state index contributed by atoms with van der Waals surface area (Å²) in [6.07, 6.45) is -0.757. The number of carbonyl (C=O) groups is 2. The Kier molecular flexibility index (Phi) is 4.89. The van der Waals surface area contributed by atoms with Crippen molar-refractivity contribution in [2.45, 2.75) is 12.6 Å². The minimum Gasteiger partial charge on any atom is -0.477 e. The van der Waals surface area contributed by atoms with Gasteiger partial charge in [-0.3, -0.25) is 14.5 Å². The first kappa shape index (κ1) is 17.3. The topological polar surface area (TPSA) is 58.6 Å². The van der Waals surface area contributed by atoms with Crippen molar-refractivity contribution >= 4 is 28.8 Å². The highest BCUT2D eigenvalue weighted by molar-refractivity contribution is 7.12. The molecule has 1 aromatic heterocycles. The fraction of sp³-hybridized carbons (Fsp3) is 0.143. The number of fused-ring (bicyclic) bond motifs is 1. The van der Waals surface area contributed by atoms with Crippen molar-refractivity contribution in [3.8, 4) is 5.75 Å². The summed E-state index contributed by atoms with van der Waals surface area (Å²) in [4.78, 5) is 27.8. The predicted octanol–water partition coefficient (Wildman–Crippen LogP) is 3.47. The molecular weight excluding hydrogens is 360 g/mol. The van der Waals surface area contributed by atoms with E-state index in [0.717, 1.165) is 5.56 Å². The van der Waals surface area contributed by atoms with Crippen LogP contribution in [0.25, 0.3) is 0 Å². The van der Waals surface area contributed by atoms with Crippen LogP contribution in [0.5, 0.6) is 5.75 Å². The molecule has 0 spiro atoms. The number of ether oxygens (including phenoxy) is 1. The van der Waals surface area contributed by atoms with E-state index >= 15 is 0 Å². The lowest BCUT2D eigenvalue weighted by Gasteiger charge is -2.34. The third-order valence-electron chi connectivity index (χ3n) is 4.35. The number of amides is 2. The van der Waals surface area contributed by atoms with E-state index in [4.69, 9.17) is 4.74 Å². The first-order chi connectivity index (χ1) is 13.2. The maximum Gasteiger partial charge on any atom is 0.268 e. The van der Waals surface area contributed by atoms with Crippen molar-refractivity contribution in [2.75, 3.05) is 11.4 Å². The monoisotopic (exact) mass is 378 g/mol. The number of nitrogens with one attached hydrogen (secondary N) is 1. The van der Waals surface area contributed by atoms with Crippen molar-refractivity contribution in [1.82, 2.24) is 5.32 Å². The third kappa shape index (κ3) is 3.71. The Hall–Kier alpha value is -3.12. The van der Waals surface area contributed by atoms with E-state index in [1.807, 2.05) is 60.0 Å². The molecule has 136 valence electrons. The third-order valence-corrected chi connectivity index (χ3v) is 5.21. The summed E-state index contributed by atoms with van der Waals surface area (Å²) < 4.78 is 5.88. The largest absolute Gasteiger partial charge is 0.477 e. The average Bonchev–Trinajstić information content (AvgIpc) is 3.26. The molecule has 6 heteroatoms. The minimum absolute atomic E-state index is 0.124. The molecule has 0 aliphatic carbocycles. The zero-order valence-electron chi connectivity index (χ0n) is 14.5. The molecule has 4 rings (SSSR count). The Bertz CT molecular complexity index is 941. The van der Waals surface area contributed by atoms with Crippen LogP contribution in [0.4, 0.5) is 5.69 Å². The molecule has 5 nitrogen and oxygen atoms in total. The van der Waals surface area contributed by atoms with Gasteiger partial charge in [-0.05, 0) is 29.1 Å². The summed E-state index contributed by atoms with van der Waals surface area (Å²) in [5, 5.41) is 4.76. The molecule has 2 heterocycles. The quantitative estimate of drug-likeness (QED) is 0.756. The number of anilines is 1. The van der Waals surface area contributed by atoms with Crippen LogP contribution in [-0.2, 0) is 11.3 Å². The molecule has 2 amide bonds. The predicted molar refractivity (Wildman–Crippen MR) is 105 cm³/mol. The number of rotatable bonds is 4. The highest BCUT2D eigenvalue weighted by atomic mass is 32.1. The van der Waals surface area contributed by atoms with Gasteiger partial charge in [-0.25, -0.2) is 0 Å². The normalized spacial score (nSPS) is 15.6. The maximum absolute atomic E-state index is 12.9. The number of hydrogen-bond acceptors (Lipinski definition) is 4. The summed E-state index contributed by atoms with van der Waals surface area (Å²) in [6.45, 7) is 0.592. The molecule has 0 unspecified atom stereocenters. The first-order valence-corrected chi connectivity index (χ1v) is 9.53. The second kappa shape index (κ2) is 7.63. The van der Waals surface area contributed by atoms with Crippen molar-refractivity contribution in [3.05, 3.63) is 82.6 Å². The number of carbonyl (C=O) groups excluding carboxylic acids is 2. The SMILES string of the molecule is O=C(NCc1ccccc1)[C@H]1CN(C(=O)c2cccs2)c2ccccc2O1. The van der Waals surface area contributed by atoms with Crippen LogP contribution < -0.4 is 15.0 Å². The number of nitrogens with zero attached hydrogens (tertiary/aromatic N) is 1. The summed E-state index contributed by atoms with van der Waals surface area (Å²) in [6, 6.07) is 20.6. The van der Waals surface area contributed by atoms with Gasteiger partial charge in [0.05, 0.1) is 17.1 Å². The zero-order valence-corrected chi connectivity index (χ0v) is 15.3. The first-order valence-electron chi connectivity index (χ1n) is 8.65. The van der Waals surface area contributed by atoms with Gasteiger partial charge in [-0.2, -0.15) is 0 Å². The molecule has 27 heavy (non-hydrogen) atoms. The summed E-state index contributed by atoms with van der Waals surface area (Å²) >= 11 is 1.38. The Morgan fingerprint density at radius 2 is 1.81 bits per heavy atom. The van der Waals surface area contributed by atoms with E-state index in [2.05, 4.69) is 5.32 Å². The van der Waals surface area contributed by atoms with E-state index < -0.39 is 6.10 Å². The van der Waals surface area contributed by atoms with Gasteiger partial charge in [-0.1, -0.05) is 48.5 Å². The lowest BCUT2D eigenvalue weighted by atomic mass is 10.1. The van der Waals surface area contributed by atoms with E-state index in [1.54, 1.807) is 17.0 Å². The molecule has 0 saturated heterocycles. The fourth-order valence-corrected chi connectivity index (χ4v) is 3.67. The summed E-state index contributed by atoms with van der Waals surface area (Å²) in [7, 11) is 0. The van der Waals surface area contributed by atoms with Crippen LogP contribution in [0.2, 0.25) is 0 Å². The molecule has 1 N–H and O–H groups in total. The lowest BCUT2D eigenvalue weighted by Crippen LogP contribution is -2.50. The summed E-state index contributed by atoms with van der Waals surface area (Å²) in [5.41, 5.74) is 1.69. The number of para-hydroxylation sites is 2. The Morgan fingerprint density at radius 1 is 1.04 bits per heavy atom. The van der Waals surface area contributed by atoms with E-state index in [0.29, 0.717) is 22.9 Å². The van der Waals surface area contributed by atoms with Crippen LogP contribution >= 0.6 is 11.3 Å². The number of hydrogen-bond donors (Lipinski definition) is 1.